The van der Waals surface area contributed by atoms with Gasteiger partial charge in [0.25, 0.3) is 0 Å². The molecule has 0 saturated carbocycles. The molecule has 0 aromatic carbocycles. The number of hydrogen-bond donors (Lipinski definition) is 1. The largest absolute Gasteiger partial charge is 0.343 e. The van der Waals surface area contributed by atoms with Gasteiger partial charge in [0, 0.05) is 6.54 Å². The molecule has 1 aliphatic rings. The molecule has 0 spiro atoms. The summed E-state index contributed by atoms with van der Waals surface area (Å²) in [5.74, 6) is 0.0438. The van der Waals surface area contributed by atoms with Crippen molar-refractivity contribution in [2.75, 3.05) is 6.54 Å². The van der Waals surface area contributed by atoms with Gasteiger partial charge in [0.2, 0.25) is 11.8 Å². The van der Waals surface area contributed by atoms with Crippen molar-refractivity contribution in [3.8, 4) is 0 Å². The molecule has 1 fully saturated rings. The van der Waals surface area contributed by atoms with Gasteiger partial charge in [-0.2, -0.15) is 0 Å². The molecule has 4 heteroatoms. The smallest absolute Gasteiger partial charge is 0.245 e. The topological polar surface area (TPSA) is 49.4 Å². The molecular weight excluding hydrogens is 180 g/mol. The van der Waals surface area contributed by atoms with Crippen molar-refractivity contribution in [3.05, 3.63) is 0 Å². The van der Waals surface area contributed by atoms with Gasteiger partial charge in [0.1, 0.15) is 12.1 Å². The van der Waals surface area contributed by atoms with Crippen LogP contribution in [0.5, 0.6) is 0 Å². The van der Waals surface area contributed by atoms with Crippen LogP contribution in [0.25, 0.3) is 0 Å². The number of carbonyl (C=O) groups excluding carboxylic acids is 2. The van der Waals surface area contributed by atoms with Gasteiger partial charge in [0.05, 0.1) is 0 Å². The zero-order valence-electron chi connectivity index (χ0n) is 9.04. The van der Waals surface area contributed by atoms with Crippen LogP contribution in [0.15, 0.2) is 0 Å². The van der Waals surface area contributed by atoms with E-state index in [1.807, 2.05) is 20.8 Å². The Balaban J connectivity index is 2.84. The summed E-state index contributed by atoms with van der Waals surface area (Å²) in [4.78, 5) is 25.1. The van der Waals surface area contributed by atoms with Crippen molar-refractivity contribution < 1.29 is 9.59 Å². The second-order valence-electron chi connectivity index (χ2n) is 3.52. The Morgan fingerprint density at radius 2 is 1.86 bits per heavy atom. The van der Waals surface area contributed by atoms with Gasteiger partial charge >= 0.3 is 0 Å². The molecule has 1 N–H and O–H groups in total. The van der Waals surface area contributed by atoms with Gasteiger partial charge in [-0.25, -0.2) is 0 Å². The number of nitrogens with one attached hydrogen (secondary N) is 1. The molecule has 2 atom stereocenters. The highest BCUT2D eigenvalue weighted by molar-refractivity contribution is 5.96. The maximum absolute atomic E-state index is 11.8. The van der Waals surface area contributed by atoms with Gasteiger partial charge in [-0.15, -0.1) is 0 Å². The van der Waals surface area contributed by atoms with Crippen LogP contribution in [0, 0.1) is 0 Å². The minimum atomic E-state index is -0.315. The molecule has 4 nitrogen and oxygen atoms in total. The van der Waals surface area contributed by atoms with Crippen molar-refractivity contribution in [3.63, 3.8) is 0 Å². The Hall–Kier alpha value is -1.06. The van der Waals surface area contributed by atoms with Crippen LogP contribution in [0.4, 0.5) is 0 Å². The summed E-state index contributed by atoms with van der Waals surface area (Å²) in [7, 11) is 0. The van der Waals surface area contributed by atoms with Crippen molar-refractivity contribution in [2.24, 2.45) is 0 Å². The molecule has 2 unspecified atom stereocenters. The first-order valence-corrected chi connectivity index (χ1v) is 5.26. The Labute approximate surface area is 84.7 Å². The average molecular weight is 198 g/mol. The molecular formula is C10H18N2O2. The van der Waals surface area contributed by atoms with Gasteiger partial charge in [-0.1, -0.05) is 13.8 Å². The minimum absolute atomic E-state index is 0.0131. The minimum Gasteiger partial charge on any atom is -0.343 e. The number of likely N-dealkylation sites (N-methyl/N-ethyl adjacent to an activating group) is 1. The predicted molar refractivity (Wildman–Crippen MR) is 53.7 cm³/mol. The molecule has 1 saturated heterocycles. The van der Waals surface area contributed by atoms with E-state index in [1.54, 1.807) is 4.90 Å². The quantitative estimate of drug-likeness (QED) is 0.718. The van der Waals surface area contributed by atoms with Crippen LogP contribution < -0.4 is 5.32 Å². The molecule has 0 aromatic heterocycles. The Bertz CT molecular complexity index is 240. The summed E-state index contributed by atoms with van der Waals surface area (Å²) < 4.78 is 0. The van der Waals surface area contributed by atoms with E-state index in [4.69, 9.17) is 0 Å². The van der Waals surface area contributed by atoms with Gasteiger partial charge in [-0.3, -0.25) is 9.59 Å². The lowest BCUT2D eigenvalue weighted by Gasteiger charge is -2.37. The lowest BCUT2D eigenvalue weighted by atomic mass is 10.0. The molecule has 1 rings (SSSR count). The van der Waals surface area contributed by atoms with Gasteiger partial charge < -0.3 is 10.2 Å². The standard InChI is InChI=1S/C10H18N2O2/c1-4-7-10(14)12(6-3)8(5-2)9(13)11-7/h7-8H,4-6H2,1-3H3,(H,11,13). The highest BCUT2D eigenvalue weighted by Crippen LogP contribution is 2.13. The maximum atomic E-state index is 11.8. The number of amides is 2. The lowest BCUT2D eigenvalue weighted by molar-refractivity contribution is -0.149. The molecule has 1 aliphatic heterocycles. The Morgan fingerprint density at radius 3 is 2.29 bits per heavy atom. The highest BCUT2D eigenvalue weighted by atomic mass is 16.2. The fourth-order valence-corrected chi connectivity index (χ4v) is 1.88. The number of hydrogen-bond acceptors (Lipinski definition) is 2. The van der Waals surface area contributed by atoms with E-state index in [1.165, 1.54) is 0 Å². The summed E-state index contributed by atoms with van der Waals surface area (Å²) in [6.07, 6.45) is 1.35. The third-order valence-corrected chi connectivity index (χ3v) is 2.71. The first-order valence-electron chi connectivity index (χ1n) is 5.26. The summed E-state index contributed by atoms with van der Waals surface area (Å²) in [6.45, 7) is 6.35. The SMILES string of the molecule is CCC1NC(=O)C(CC)N(CC)C1=O. The second-order valence-corrected chi connectivity index (χ2v) is 3.52. The van der Waals surface area contributed by atoms with Crippen molar-refractivity contribution >= 4 is 11.8 Å². The zero-order valence-corrected chi connectivity index (χ0v) is 9.04. The average Bonchev–Trinajstić information content (AvgIpc) is 2.20. The molecule has 14 heavy (non-hydrogen) atoms. The van der Waals surface area contributed by atoms with E-state index in [0.717, 1.165) is 0 Å². The van der Waals surface area contributed by atoms with Crippen LogP contribution in [-0.4, -0.2) is 35.3 Å². The second kappa shape index (κ2) is 4.44. The monoisotopic (exact) mass is 198 g/mol. The summed E-state index contributed by atoms with van der Waals surface area (Å²) in [5.41, 5.74) is 0. The van der Waals surface area contributed by atoms with Crippen molar-refractivity contribution in [1.82, 2.24) is 10.2 Å². The summed E-state index contributed by atoms with van der Waals surface area (Å²) in [6, 6.07) is -0.583. The fourth-order valence-electron chi connectivity index (χ4n) is 1.88. The van der Waals surface area contributed by atoms with Gasteiger partial charge in [-0.05, 0) is 19.8 Å². The first-order chi connectivity index (χ1) is 6.65. The van der Waals surface area contributed by atoms with Crippen LogP contribution in [0.1, 0.15) is 33.6 Å². The molecule has 0 radical (unpaired) electrons. The lowest BCUT2D eigenvalue weighted by Crippen LogP contribution is -2.62. The van der Waals surface area contributed by atoms with E-state index in [9.17, 15) is 9.59 Å². The number of piperazine rings is 1. The maximum Gasteiger partial charge on any atom is 0.245 e. The van der Waals surface area contributed by atoms with Crippen molar-refractivity contribution in [2.45, 2.75) is 45.7 Å². The molecule has 2 amide bonds. The summed E-state index contributed by atoms with van der Waals surface area (Å²) >= 11 is 0. The number of rotatable bonds is 3. The normalized spacial score (nSPS) is 27.8. The third kappa shape index (κ3) is 1.74. The molecule has 1 heterocycles. The number of carbonyl (C=O) groups is 2. The third-order valence-electron chi connectivity index (χ3n) is 2.71. The van der Waals surface area contributed by atoms with E-state index >= 15 is 0 Å². The molecule has 0 aliphatic carbocycles. The van der Waals surface area contributed by atoms with Crippen LogP contribution >= 0.6 is 0 Å². The van der Waals surface area contributed by atoms with E-state index < -0.39 is 0 Å². The fraction of sp³-hybridized carbons (Fsp3) is 0.800. The van der Waals surface area contributed by atoms with E-state index in [2.05, 4.69) is 5.32 Å². The van der Waals surface area contributed by atoms with E-state index in [0.29, 0.717) is 19.4 Å². The molecule has 80 valence electrons. The molecule has 0 bridgehead atoms. The number of nitrogens with zero attached hydrogens (tertiary/aromatic N) is 1. The first kappa shape index (κ1) is 11.0. The highest BCUT2D eigenvalue weighted by Gasteiger charge is 2.37. The van der Waals surface area contributed by atoms with Crippen molar-refractivity contribution in [1.29, 1.82) is 0 Å². The summed E-state index contributed by atoms with van der Waals surface area (Å²) in [5, 5.41) is 2.75. The predicted octanol–water partition coefficient (Wildman–Crippen LogP) is 0.522. The van der Waals surface area contributed by atoms with Gasteiger partial charge in [0.15, 0.2) is 0 Å². The van der Waals surface area contributed by atoms with Crippen LogP contribution in [-0.2, 0) is 9.59 Å². The molecule has 0 aromatic rings. The Kier molecular flexibility index (Phi) is 3.49. The van der Waals surface area contributed by atoms with Crippen LogP contribution in [0.3, 0.4) is 0 Å². The van der Waals surface area contributed by atoms with E-state index in [-0.39, 0.29) is 23.9 Å². The van der Waals surface area contributed by atoms with Crippen LogP contribution in [0.2, 0.25) is 0 Å². The zero-order chi connectivity index (χ0) is 10.7. The Morgan fingerprint density at radius 1 is 1.21 bits per heavy atom.